The fraction of sp³-hybridized carbons (Fsp3) is 0.517. The molecule has 0 atom stereocenters. The number of hydrogen-bond donors (Lipinski definition) is 1. The van der Waals surface area contributed by atoms with Crippen molar-refractivity contribution in [3.8, 4) is 0 Å². The molecule has 0 aliphatic carbocycles. The molecule has 0 aliphatic rings. The second kappa shape index (κ2) is 14.5. The Bertz CT molecular complexity index is 948. The van der Waals surface area contributed by atoms with Crippen molar-refractivity contribution in [2.45, 2.75) is 90.5 Å². The largest absolute Gasteiger partial charge is 0.355 e. The summed E-state index contributed by atoms with van der Waals surface area (Å²) in [7, 11) is 0. The van der Waals surface area contributed by atoms with Gasteiger partial charge in [0.05, 0.1) is 17.5 Å². The SMILES string of the molecule is CCCCCCCCCCCCn1c(CCNC(=O)Cc2ccccc2)nc2ccccc21. The number of benzene rings is 2. The number of hydrogen-bond acceptors (Lipinski definition) is 2. The molecule has 1 N–H and O–H groups in total. The number of amides is 1. The lowest BCUT2D eigenvalue weighted by Crippen LogP contribution is -2.28. The van der Waals surface area contributed by atoms with Crippen LogP contribution in [0.15, 0.2) is 54.6 Å². The summed E-state index contributed by atoms with van der Waals surface area (Å²) in [6.45, 7) is 3.90. The first-order chi connectivity index (χ1) is 16.3. The van der Waals surface area contributed by atoms with Gasteiger partial charge in [-0.15, -0.1) is 0 Å². The fourth-order valence-electron chi connectivity index (χ4n) is 4.48. The summed E-state index contributed by atoms with van der Waals surface area (Å²) in [5.74, 6) is 1.14. The normalized spacial score (nSPS) is 11.2. The van der Waals surface area contributed by atoms with Crippen LogP contribution < -0.4 is 5.32 Å². The van der Waals surface area contributed by atoms with Gasteiger partial charge < -0.3 is 9.88 Å². The van der Waals surface area contributed by atoms with Crippen LogP contribution in [0.4, 0.5) is 0 Å². The molecular weight excluding hydrogens is 406 g/mol. The number of fused-ring (bicyclic) bond motifs is 1. The zero-order valence-corrected chi connectivity index (χ0v) is 20.4. The highest BCUT2D eigenvalue weighted by Crippen LogP contribution is 2.18. The van der Waals surface area contributed by atoms with E-state index in [1.807, 2.05) is 36.4 Å². The molecule has 0 saturated carbocycles. The number of para-hydroxylation sites is 2. The third kappa shape index (κ3) is 8.68. The summed E-state index contributed by atoms with van der Waals surface area (Å²) in [6, 6.07) is 18.3. The molecule has 0 bridgehead atoms. The molecule has 0 fully saturated rings. The Labute approximate surface area is 199 Å². The molecular formula is C29H41N3O. The topological polar surface area (TPSA) is 46.9 Å². The molecule has 1 amide bonds. The quantitative estimate of drug-likeness (QED) is 0.244. The summed E-state index contributed by atoms with van der Waals surface area (Å²) in [5, 5.41) is 3.07. The number of aromatic nitrogens is 2. The Morgan fingerprint density at radius 1 is 0.818 bits per heavy atom. The van der Waals surface area contributed by atoms with Crippen molar-refractivity contribution in [1.82, 2.24) is 14.9 Å². The van der Waals surface area contributed by atoms with E-state index < -0.39 is 0 Å². The molecule has 0 saturated heterocycles. The van der Waals surface area contributed by atoms with Gasteiger partial charge in [0.1, 0.15) is 5.82 Å². The van der Waals surface area contributed by atoms with Crippen LogP contribution in [0.25, 0.3) is 11.0 Å². The van der Waals surface area contributed by atoms with Crippen molar-refractivity contribution in [3.63, 3.8) is 0 Å². The van der Waals surface area contributed by atoms with Crippen LogP contribution in [-0.2, 0) is 24.2 Å². The van der Waals surface area contributed by atoms with Gasteiger partial charge in [0.25, 0.3) is 0 Å². The predicted molar refractivity (Wildman–Crippen MR) is 138 cm³/mol. The van der Waals surface area contributed by atoms with E-state index in [2.05, 4.69) is 35.0 Å². The van der Waals surface area contributed by atoms with E-state index in [4.69, 9.17) is 4.98 Å². The summed E-state index contributed by atoms with van der Waals surface area (Å²) in [6.07, 6.45) is 14.6. The van der Waals surface area contributed by atoms with E-state index in [1.54, 1.807) is 0 Å². The Hall–Kier alpha value is -2.62. The molecule has 1 heterocycles. The third-order valence-corrected chi connectivity index (χ3v) is 6.35. The Morgan fingerprint density at radius 2 is 1.45 bits per heavy atom. The van der Waals surface area contributed by atoms with Gasteiger partial charge in [-0.1, -0.05) is 107 Å². The van der Waals surface area contributed by atoms with Gasteiger partial charge in [-0.3, -0.25) is 4.79 Å². The van der Waals surface area contributed by atoms with Crippen LogP contribution >= 0.6 is 0 Å². The van der Waals surface area contributed by atoms with E-state index >= 15 is 0 Å². The van der Waals surface area contributed by atoms with Crippen LogP contribution in [0.1, 0.15) is 82.5 Å². The molecule has 33 heavy (non-hydrogen) atoms. The minimum absolute atomic E-state index is 0.0681. The van der Waals surface area contributed by atoms with Crippen molar-refractivity contribution in [1.29, 1.82) is 0 Å². The van der Waals surface area contributed by atoms with Gasteiger partial charge in [-0.2, -0.15) is 0 Å². The Balaban J connectivity index is 1.42. The Morgan fingerprint density at radius 3 is 2.18 bits per heavy atom. The summed E-state index contributed by atoms with van der Waals surface area (Å²) in [5.41, 5.74) is 3.30. The van der Waals surface area contributed by atoms with Gasteiger partial charge in [0, 0.05) is 19.5 Å². The highest BCUT2D eigenvalue weighted by Gasteiger charge is 2.11. The minimum Gasteiger partial charge on any atom is -0.355 e. The zero-order valence-electron chi connectivity index (χ0n) is 20.4. The van der Waals surface area contributed by atoms with Crippen LogP contribution in [0.5, 0.6) is 0 Å². The second-order valence-corrected chi connectivity index (χ2v) is 9.11. The van der Waals surface area contributed by atoms with Gasteiger partial charge in [0.15, 0.2) is 0 Å². The van der Waals surface area contributed by atoms with Crippen molar-refractivity contribution in [2.75, 3.05) is 6.54 Å². The van der Waals surface area contributed by atoms with E-state index in [0.29, 0.717) is 13.0 Å². The van der Waals surface area contributed by atoms with E-state index in [-0.39, 0.29) is 5.91 Å². The lowest BCUT2D eigenvalue weighted by molar-refractivity contribution is -0.120. The molecule has 0 unspecified atom stereocenters. The number of aryl methyl sites for hydroxylation is 1. The molecule has 4 heteroatoms. The smallest absolute Gasteiger partial charge is 0.224 e. The number of rotatable bonds is 16. The van der Waals surface area contributed by atoms with Gasteiger partial charge in [-0.25, -0.2) is 4.98 Å². The molecule has 0 spiro atoms. The zero-order chi connectivity index (χ0) is 23.1. The third-order valence-electron chi connectivity index (χ3n) is 6.35. The number of nitrogens with zero attached hydrogens (tertiary/aromatic N) is 2. The molecule has 178 valence electrons. The second-order valence-electron chi connectivity index (χ2n) is 9.11. The molecule has 3 aromatic rings. The van der Waals surface area contributed by atoms with Crippen LogP contribution in [0.3, 0.4) is 0 Å². The van der Waals surface area contributed by atoms with E-state index in [9.17, 15) is 4.79 Å². The Kier molecular flexibility index (Phi) is 11.0. The van der Waals surface area contributed by atoms with E-state index in [1.165, 1.54) is 69.7 Å². The monoisotopic (exact) mass is 447 g/mol. The number of nitrogens with one attached hydrogen (secondary N) is 1. The maximum Gasteiger partial charge on any atom is 0.224 e. The lowest BCUT2D eigenvalue weighted by atomic mass is 10.1. The predicted octanol–water partition coefficient (Wildman–Crippen LogP) is 6.86. The highest BCUT2D eigenvalue weighted by atomic mass is 16.1. The molecule has 0 radical (unpaired) electrons. The molecule has 0 aliphatic heterocycles. The van der Waals surface area contributed by atoms with Crippen molar-refractivity contribution in [2.24, 2.45) is 0 Å². The average molecular weight is 448 g/mol. The van der Waals surface area contributed by atoms with Gasteiger partial charge in [-0.05, 0) is 24.1 Å². The molecule has 4 nitrogen and oxygen atoms in total. The average Bonchev–Trinajstić information content (AvgIpc) is 3.18. The number of imidazole rings is 1. The first-order valence-electron chi connectivity index (χ1n) is 13.0. The van der Waals surface area contributed by atoms with Crippen molar-refractivity contribution < 1.29 is 4.79 Å². The van der Waals surface area contributed by atoms with Crippen LogP contribution in [-0.4, -0.2) is 22.0 Å². The first-order valence-corrected chi connectivity index (χ1v) is 13.0. The minimum atomic E-state index is 0.0681. The van der Waals surface area contributed by atoms with Crippen molar-refractivity contribution >= 4 is 16.9 Å². The van der Waals surface area contributed by atoms with Gasteiger partial charge in [0.2, 0.25) is 5.91 Å². The fourth-order valence-corrected chi connectivity index (χ4v) is 4.48. The highest BCUT2D eigenvalue weighted by molar-refractivity contribution is 5.78. The maximum atomic E-state index is 12.3. The van der Waals surface area contributed by atoms with Gasteiger partial charge >= 0.3 is 0 Å². The number of carbonyl (C=O) groups is 1. The lowest BCUT2D eigenvalue weighted by Gasteiger charge is -2.10. The van der Waals surface area contributed by atoms with E-state index in [0.717, 1.165) is 29.9 Å². The summed E-state index contributed by atoms with van der Waals surface area (Å²) in [4.78, 5) is 17.2. The number of unbranched alkanes of at least 4 members (excludes halogenated alkanes) is 9. The van der Waals surface area contributed by atoms with Crippen molar-refractivity contribution in [3.05, 3.63) is 66.0 Å². The van der Waals surface area contributed by atoms with Crippen LogP contribution in [0.2, 0.25) is 0 Å². The first kappa shape index (κ1) is 25.0. The number of carbonyl (C=O) groups excluding carboxylic acids is 1. The standard InChI is InChI=1S/C29H41N3O/c1-2-3-4-5-6-7-8-9-10-16-23-32-27-20-15-14-19-26(27)31-28(32)21-22-30-29(33)24-25-17-12-11-13-18-25/h11-15,17-20H,2-10,16,21-24H2,1H3,(H,30,33). The maximum absolute atomic E-state index is 12.3. The summed E-state index contributed by atoms with van der Waals surface area (Å²) < 4.78 is 2.36. The molecule has 3 rings (SSSR count). The van der Waals surface area contributed by atoms with Crippen LogP contribution in [0, 0.1) is 0 Å². The molecule has 1 aromatic heterocycles. The molecule has 2 aromatic carbocycles. The summed E-state index contributed by atoms with van der Waals surface area (Å²) >= 11 is 0.